The van der Waals surface area contributed by atoms with Gasteiger partial charge in [0.1, 0.15) is 5.78 Å². The molecule has 0 aliphatic carbocycles. The van der Waals surface area contributed by atoms with Gasteiger partial charge in [0.25, 0.3) is 0 Å². The number of hydrogen-bond acceptors (Lipinski definition) is 2. The van der Waals surface area contributed by atoms with Gasteiger partial charge in [-0.25, -0.2) is 0 Å². The second-order valence-electron chi connectivity index (χ2n) is 4.28. The fourth-order valence-electron chi connectivity index (χ4n) is 2.03. The topological polar surface area (TPSA) is 20.3 Å². The van der Waals surface area contributed by atoms with Gasteiger partial charge in [-0.3, -0.25) is 9.69 Å². The maximum Gasteiger partial charge on any atom is 0.146 e. The van der Waals surface area contributed by atoms with Crippen LogP contribution in [0.4, 0.5) is 0 Å². The Kier molecular flexibility index (Phi) is 3.91. The Hall–Kier alpha value is -0.370. The first-order valence-electron chi connectivity index (χ1n) is 5.39. The second-order valence-corrected chi connectivity index (χ2v) is 4.28. The SMILES string of the molecule is CCC(C)CN1CCCC1C(C)=O. The molecule has 0 saturated carbocycles. The number of carbonyl (C=O) groups is 1. The molecule has 1 heterocycles. The van der Waals surface area contributed by atoms with E-state index in [4.69, 9.17) is 0 Å². The molecule has 13 heavy (non-hydrogen) atoms. The highest BCUT2D eigenvalue weighted by molar-refractivity contribution is 5.81. The normalized spacial score (nSPS) is 26.2. The van der Waals surface area contributed by atoms with Crippen molar-refractivity contribution >= 4 is 5.78 Å². The molecule has 1 aliphatic rings. The summed E-state index contributed by atoms with van der Waals surface area (Å²) in [6.45, 7) is 8.41. The fourth-order valence-corrected chi connectivity index (χ4v) is 2.03. The maximum absolute atomic E-state index is 11.3. The summed E-state index contributed by atoms with van der Waals surface area (Å²) in [4.78, 5) is 13.6. The number of ketones is 1. The van der Waals surface area contributed by atoms with E-state index in [0.717, 1.165) is 25.4 Å². The zero-order valence-electron chi connectivity index (χ0n) is 9.05. The molecule has 0 aromatic heterocycles. The third-order valence-corrected chi connectivity index (χ3v) is 3.08. The summed E-state index contributed by atoms with van der Waals surface area (Å²) in [5.74, 6) is 1.07. The number of Topliss-reactive ketones (excluding diaryl/α,β-unsaturated/α-hetero) is 1. The highest BCUT2D eigenvalue weighted by atomic mass is 16.1. The lowest BCUT2D eigenvalue weighted by atomic mass is 10.1. The molecule has 1 rings (SSSR count). The number of rotatable bonds is 4. The molecule has 0 amide bonds. The molecule has 2 nitrogen and oxygen atoms in total. The van der Waals surface area contributed by atoms with Crippen LogP contribution < -0.4 is 0 Å². The highest BCUT2D eigenvalue weighted by Gasteiger charge is 2.28. The molecule has 2 atom stereocenters. The average Bonchev–Trinajstić information content (AvgIpc) is 2.52. The van der Waals surface area contributed by atoms with Gasteiger partial charge in [0.05, 0.1) is 6.04 Å². The van der Waals surface area contributed by atoms with E-state index >= 15 is 0 Å². The first-order chi connectivity index (χ1) is 6.15. The number of carbonyl (C=O) groups excluding carboxylic acids is 1. The van der Waals surface area contributed by atoms with Gasteiger partial charge < -0.3 is 0 Å². The van der Waals surface area contributed by atoms with Gasteiger partial charge in [0.15, 0.2) is 0 Å². The van der Waals surface area contributed by atoms with E-state index in [9.17, 15) is 4.79 Å². The third-order valence-electron chi connectivity index (χ3n) is 3.08. The van der Waals surface area contributed by atoms with E-state index in [1.54, 1.807) is 6.92 Å². The number of likely N-dealkylation sites (tertiary alicyclic amines) is 1. The van der Waals surface area contributed by atoms with Crippen LogP contribution in [0.1, 0.15) is 40.0 Å². The largest absolute Gasteiger partial charge is 0.298 e. The lowest BCUT2D eigenvalue weighted by Gasteiger charge is -2.24. The molecule has 2 heteroatoms. The van der Waals surface area contributed by atoms with Crippen LogP contribution in [-0.4, -0.2) is 29.8 Å². The van der Waals surface area contributed by atoms with Crippen LogP contribution in [-0.2, 0) is 4.79 Å². The Morgan fingerprint density at radius 2 is 2.31 bits per heavy atom. The van der Waals surface area contributed by atoms with Crippen molar-refractivity contribution in [3.8, 4) is 0 Å². The molecule has 0 aromatic rings. The summed E-state index contributed by atoms with van der Waals surface area (Å²) in [6, 6.07) is 0.231. The zero-order valence-corrected chi connectivity index (χ0v) is 9.05. The van der Waals surface area contributed by atoms with Crippen molar-refractivity contribution in [2.75, 3.05) is 13.1 Å². The molecular formula is C11H21NO. The molecule has 0 N–H and O–H groups in total. The van der Waals surface area contributed by atoms with Crippen molar-refractivity contribution in [2.45, 2.75) is 46.1 Å². The van der Waals surface area contributed by atoms with Gasteiger partial charge in [0, 0.05) is 6.54 Å². The summed E-state index contributed by atoms with van der Waals surface area (Å²) in [7, 11) is 0. The summed E-state index contributed by atoms with van der Waals surface area (Å²) >= 11 is 0. The quantitative estimate of drug-likeness (QED) is 0.665. The molecule has 1 saturated heterocycles. The molecular weight excluding hydrogens is 162 g/mol. The highest BCUT2D eigenvalue weighted by Crippen LogP contribution is 2.19. The van der Waals surface area contributed by atoms with Crippen molar-refractivity contribution in [3.63, 3.8) is 0 Å². The van der Waals surface area contributed by atoms with Crippen molar-refractivity contribution in [3.05, 3.63) is 0 Å². The average molecular weight is 183 g/mol. The van der Waals surface area contributed by atoms with E-state index in [2.05, 4.69) is 18.7 Å². The number of nitrogens with zero attached hydrogens (tertiary/aromatic N) is 1. The fraction of sp³-hybridized carbons (Fsp3) is 0.909. The molecule has 0 radical (unpaired) electrons. The molecule has 76 valence electrons. The van der Waals surface area contributed by atoms with Gasteiger partial charge in [-0.1, -0.05) is 20.3 Å². The van der Waals surface area contributed by atoms with E-state index in [1.165, 1.54) is 12.8 Å². The summed E-state index contributed by atoms with van der Waals surface area (Å²) in [5, 5.41) is 0. The first kappa shape index (κ1) is 10.7. The van der Waals surface area contributed by atoms with Crippen LogP contribution in [0.3, 0.4) is 0 Å². The van der Waals surface area contributed by atoms with Crippen LogP contribution in [0.2, 0.25) is 0 Å². The Balaban J connectivity index is 2.44. The minimum absolute atomic E-state index is 0.231. The molecule has 1 aliphatic heterocycles. The van der Waals surface area contributed by atoms with Gasteiger partial charge >= 0.3 is 0 Å². The maximum atomic E-state index is 11.3. The predicted octanol–water partition coefficient (Wildman–Crippen LogP) is 2.09. The molecule has 0 bridgehead atoms. The molecule has 0 aromatic carbocycles. The van der Waals surface area contributed by atoms with Crippen molar-refractivity contribution < 1.29 is 4.79 Å². The summed E-state index contributed by atoms with van der Waals surface area (Å²) in [6.07, 6.45) is 3.48. The first-order valence-corrected chi connectivity index (χ1v) is 5.39. The van der Waals surface area contributed by atoms with Crippen LogP contribution in [0, 0.1) is 5.92 Å². The Bertz CT molecular complexity index is 179. The third kappa shape index (κ3) is 2.80. The van der Waals surface area contributed by atoms with E-state index in [1.807, 2.05) is 0 Å². The van der Waals surface area contributed by atoms with E-state index < -0.39 is 0 Å². The van der Waals surface area contributed by atoms with Crippen LogP contribution in [0.5, 0.6) is 0 Å². The number of hydrogen-bond donors (Lipinski definition) is 0. The Morgan fingerprint density at radius 3 is 2.85 bits per heavy atom. The second kappa shape index (κ2) is 4.75. The Morgan fingerprint density at radius 1 is 1.62 bits per heavy atom. The molecule has 0 spiro atoms. The van der Waals surface area contributed by atoms with Gasteiger partial charge in [-0.15, -0.1) is 0 Å². The predicted molar refractivity (Wildman–Crippen MR) is 54.7 cm³/mol. The van der Waals surface area contributed by atoms with E-state index in [-0.39, 0.29) is 6.04 Å². The van der Waals surface area contributed by atoms with Gasteiger partial charge in [0.2, 0.25) is 0 Å². The minimum Gasteiger partial charge on any atom is -0.298 e. The van der Waals surface area contributed by atoms with E-state index in [0.29, 0.717) is 5.78 Å². The van der Waals surface area contributed by atoms with Crippen LogP contribution in [0.25, 0.3) is 0 Å². The smallest absolute Gasteiger partial charge is 0.146 e. The molecule has 2 unspecified atom stereocenters. The lowest BCUT2D eigenvalue weighted by Crippen LogP contribution is -2.37. The minimum atomic E-state index is 0.231. The lowest BCUT2D eigenvalue weighted by molar-refractivity contribution is -0.121. The van der Waals surface area contributed by atoms with Crippen LogP contribution >= 0.6 is 0 Å². The standard InChI is InChI=1S/C11H21NO/c1-4-9(2)8-12-7-5-6-11(12)10(3)13/h9,11H,4-8H2,1-3H3. The zero-order chi connectivity index (χ0) is 9.84. The van der Waals surface area contributed by atoms with Gasteiger partial charge in [-0.2, -0.15) is 0 Å². The molecule has 1 fully saturated rings. The van der Waals surface area contributed by atoms with Crippen LogP contribution in [0.15, 0.2) is 0 Å². The Labute approximate surface area is 81.3 Å². The van der Waals surface area contributed by atoms with Gasteiger partial charge in [-0.05, 0) is 32.2 Å². The van der Waals surface area contributed by atoms with Crippen molar-refractivity contribution in [1.29, 1.82) is 0 Å². The van der Waals surface area contributed by atoms with Crippen molar-refractivity contribution in [1.82, 2.24) is 4.90 Å². The monoisotopic (exact) mass is 183 g/mol. The summed E-state index contributed by atoms with van der Waals surface area (Å²) < 4.78 is 0. The summed E-state index contributed by atoms with van der Waals surface area (Å²) in [5.41, 5.74) is 0. The van der Waals surface area contributed by atoms with Crippen molar-refractivity contribution in [2.24, 2.45) is 5.92 Å².